The number of hydrogen-bond acceptors (Lipinski definition) is 2. The minimum Gasteiger partial charge on any atom is -0.351 e. The maximum atomic E-state index is 13.0. The normalized spacial score (nSPS) is 23.5. The van der Waals surface area contributed by atoms with Crippen LogP contribution in [-0.4, -0.2) is 36.9 Å². The van der Waals surface area contributed by atoms with Crippen molar-refractivity contribution in [2.24, 2.45) is 5.41 Å². The van der Waals surface area contributed by atoms with Gasteiger partial charge in [0.15, 0.2) is 0 Å². The molecule has 1 saturated heterocycles. The molecule has 1 aromatic carbocycles. The van der Waals surface area contributed by atoms with E-state index >= 15 is 0 Å². The van der Waals surface area contributed by atoms with Gasteiger partial charge in [0.1, 0.15) is 5.41 Å². The summed E-state index contributed by atoms with van der Waals surface area (Å²) < 4.78 is 25.9. The molecule has 116 valence electrons. The maximum Gasteiger partial charge on any atom is 0.252 e. The fraction of sp³-hybridized carbons (Fsp3) is 0.562. The number of hydrogen-bond donors (Lipinski definition) is 1. The van der Waals surface area contributed by atoms with E-state index in [-0.39, 0.29) is 12.1 Å². The van der Waals surface area contributed by atoms with Gasteiger partial charge in [-0.1, -0.05) is 30.3 Å². The molecule has 0 saturated carbocycles. The van der Waals surface area contributed by atoms with E-state index in [0.717, 1.165) is 18.5 Å². The van der Waals surface area contributed by atoms with Crippen LogP contribution in [0, 0.1) is 5.41 Å². The predicted molar refractivity (Wildman–Crippen MR) is 78.1 cm³/mol. The number of carbonyl (C=O) groups is 1. The summed E-state index contributed by atoms with van der Waals surface area (Å²) in [5.74, 6) is -0.585. The number of halogens is 2. The van der Waals surface area contributed by atoms with Gasteiger partial charge in [-0.05, 0) is 32.9 Å². The highest BCUT2D eigenvalue weighted by atomic mass is 19.3. The van der Waals surface area contributed by atoms with E-state index in [2.05, 4.69) is 10.2 Å². The van der Waals surface area contributed by atoms with Gasteiger partial charge in [-0.15, -0.1) is 0 Å². The van der Waals surface area contributed by atoms with Crippen molar-refractivity contribution in [3.05, 3.63) is 35.9 Å². The van der Waals surface area contributed by atoms with Crippen molar-refractivity contribution in [1.29, 1.82) is 0 Å². The molecule has 1 aromatic rings. The molecule has 1 aliphatic heterocycles. The van der Waals surface area contributed by atoms with Crippen LogP contribution in [0.3, 0.4) is 0 Å². The van der Waals surface area contributed by atoms with Gasteiger partial charge in [-0.25, -0.2) is 8.78 Å². The average molecular weight is 296 g/mol. The number of rotatable bonds is 4. The fourth-order valence-electron chi connectivity index (χ4n) is 2.69. The molecule has 1 heterocycles. The summed E-state index contributed by atoms with van der Waals surface area (Å²) in [5.41, 5.74) is -0.569. The number of likely N-dealkylation sites (N-methyl/N-ethyl adjacent to an activating group) is 1. The van der Waals surface area contributed by atoms with E-state index in [9.17, 15) is 13.6 Å². The smallest absolute Gasteiger partial charge is 0.252 e. The molecule has 1 amide bonds. The lowest BCUT2D eigenvalue weighted by Gasteiger charge is -2.29. The highest BCUT2D eigenvalue weighted by molar-refractivity contribution is 5.82. The molecule has 1 aliphatic rings. The number of nitrogens with one attached hydrogen (secondary N) is 1. The Balaban J connectivity index is 2.14. The third-order valence-corrected chi connectivity index (χ3v) is 4.24. The Morgan fingerprint density at radius 3 is 2.52 bits per heavy atom. The van der Waals surface area contributed by atoms with Crippen LogP contribution in [0.1, 0.15) is 31.9 Å². The average Bonchev–Trinajstić information content (AvgIpc) is 2.80. The second-order valence-corrected chi connectivity index (χ2v) is 6.23. The first-order valence-corrected chi connectivity index (χ1v) is 7.18. The van der Waals surface area contributed by atoms with Gasteiger partial charge >= 0.3 is 0 Å². The third kappa shape index (κ3) is 3.23. The molecule has 1 N–H and O–H groups in total. The van der Waals surface area contributed by atoms with Gasteiger partial charge in [0, 0.05) is 12.6 Å². The quantitative estimate of drug-likeness (QED) is 0.926. The van der Waals surface area contributed by atoms with Crippen molar-refractivity contribution < 1.29 is 13.6 Å². The van der Waals surface area contributed by atoms with Gasteiger partial charge in [-0.2, -0.15) is 0 Å². The molecule has 0 spiro atoms. The fourth-order valence-corrected chi connectivity index (χ4v) is 2.69. The van der Waals surface area contributed by atoms with Crippen LogP contribution in [0.2, 0.25) is 0 Å². The molecule has 1 fully saturated rings. The first-order valence-electron chi connectivity index (χ1n) is 7.18. The molecule has 0 bridgehead atoms. The molecule has 0 unspecified atom stereocenters. The molecular weight excluding hydrogens is 274 g/mol. The summed E-state index contributed by atoms with van der Waals surface area (Å²) in [6, 6.07) is 9.73. The summed E-state index contributed by atoms with van der Waals surface area (Å²) in [7, 11) is 1.99. The number of carbonyl (C=O) groups excluding carboxylic acids is 1. The van der Waals surface area contributed by atoms with Crippen molar-refractivity contribution in [2.75, 3.05) is 13.6 Å². The van der Waals surface area contributed by atoms with E-state index in [1.807, 2.05) is 37.4 Å². The number of benzene rings is 1. The number of nitrogens with zero attached hydrogens (tertiary/aromatic N) is 1. The molecule has 2 rings (SSSR count). The summed E-state index contributed by atoms with van der Waals surface area (Å²) in [4.78, 5) is 14.3. The van der Waals surface area contributed by atoms with Crippen LogP contribution in [0.15, 0.2) is 30.3 Å². The zero-order chi connectivity index (χ0) is 15.6. The lowest BCUT2D eigenvalue weighted by atomic mass is 9.91. The van der Waals surface area contributed by atoms with E-state index in [4.69, 9.17) is 0 Å². The number of alkyl halides is 2. The van der Waals surface area contributed by atoms with Crippen LogP contribution < -0.4 is 5.32 Å². The number of likely N-dealkylation sites (tertiary alicyclic amines) is 1. The molecule has 3 nitrogen and oxygen atoms in total. The minimum absolute atomic E-state index is 0.0311. The molecule has 2 atom stereocenters. The molecule has 0 radical (unpaired) electrons. The van der Waals surface area contributed by atoms with E-state index in [1.54, 1.807) is 0 Å². The minimum atomic E-state index is -2.67. The Kier molecular flexibility index (Phi) is 4.61. The maximum absolute atomic E-state index is 13.0. The van der Waals surface area contributed by atoms with Gasteiger partial charge in [-0.3, -0.25) is 9.69 Å². The van der Waals surface area contributed by atoms with Crippen molar-refractivity contribution in [1.82, 2.24) is 10.2 Å². The van der Waals surface area contributed by atoms with Crippen LogP contribution in [0.5, 0.6) is 0 Å². The Morgan fingerprint density at radius 2 is 1.95 bits per heavy atom. The SMILES string of the molecule is CN1CC[C@H](NC(=O)C(C)(C)C(F)F)[C@H]1c1ccccc1. The lowest BCUT2D eigenvalue weighted by molar-refractivity contribution is -0.138. The van der Waals surface area contributed by atoms with E-state index in [1.165, 1.54) is 13.8 Å². The summed E-state index contributed by atoms with van der Waals surface area (Å²) >= 11 is 0. The van der Waals surface area contributed by atoms with E-state index < -0.39 is 17.7 Å². The van der Waals surface area contributed by atoms with Gasteiger partial charge in [0.25, 0.3) is 6.43 Å². The Hall–Kier alpha value is -1.49. The standard InChI is InChI=1S/C16H22F2N2O/c1-16(2,14(17)18)15(21)19-12-9-10-20(3)13(12)11-7-5-4-6-8-11/h4-8,12-14H,9-10H2,1-3H3,(H,19,21)/t12-,13+/m0/s1. The second kappa shape index (κ2) is 6.10. The van der Waals surface area contributed by atoms with Crippen molar-refractivity contribution in [3.63, 3.8) is 0 Å². The topological polar surface area (TPSA) is 32.3 Å². The highest BCUT2D eigenvalue weighted by Gasteiger charge is 2.41. The van der Waals surface area contributed by atoms with Crippen molar-refractivity contribution in [3.8, 4) is 0 Å². The predicted octanol–water partition coefficient (Wildman–Crippen LogP) is 2.84. The Bertz CT molecular complexity index is 490. The van der Waals surface area contributed by atoms with Gasteiger partial charge < -0.3 is 5.32 Å². The van der Waals surface area contributed by atoms with Gasteiger partial charge in [0.05, 0.1) is 6.04 Å². The lowest BCUT2D eigenvalue weighted by Crippen LogP contribution is -2.47. The second-order valence-electron chi connectivity index (χ2n) is 6.23. The van der Waals surface area contributed by atoms with Crippen molar-refractivity contribution >= 4 is 5.91 Å². The molecule has 0 aliphatic carbocycles. The first kappa shape index (κ1) is 15.9. The first-order chi connectivity index (χ1) is 9.84. The van der Waals surface area contributed by atoms with Crippen LogP contribution >= 0.6 is 0 Å². The van der Waals surface area contributed by atoms with Crippen LogP contribution in [-0.2, 0) is 4.79 Å². The Labute approximate surface area is 124 Å². The summed E-state index contributed by atoms with van der Waals surface area (Å²) in [6.07, 6.45) is -1.91. The summed E-state index contributed by atoms with van der Waals surface area (Å²) in [5, 5.41) is 2.82. The van der Waals surface area contributed by atoms with E-state index in [0.29, 0.717) is 0 Å². The van der Waals surface area contributed by atoms with Crippen LogP contribution in [0.25, 0.3) is 0 Å². The molecule has 21 heavy (non-hydrogen) atoms. The zero-order valence-corrected chi connectivity index (χ0v) is 12.6. The molecule has 0 aromatic heterocycles. The number of amides is 1. The van der Waals surface area contributed by atoms with Crippen LogP contribution in [0.4, 0.5) is 8.78 Å². The largest absolute Gasteiger partial charge is 0.351 e. The van der Waals surface area contributed by atoms with Gasteiger partial charge in [0.2, 0.25) is 5.91 Å². The Morgan fingerprint density at radius 1 is 1.33 bits per heavy atom. The third-order valence-electron chi connectivity index (χ3n) is 4.24. The zero-order valence-electron chi connectivity index (χ0n) is 12.6. The highest BCUT2D eigenvalue weighted by Crippen LogP contribution is 2.32. The summed E-state index contributed by atoms with van der Waals surface area (Å²) in [6.45, 7) is 3.39. The molecular formula is C16H22F2N2O. The van der Waals surface area contributed by atoms with Crippen molar-refractivity contribution in [2.45, 2.75) is 38.8 Å². The molecule has 5 heteroatoms. The monoisotopic (exact) mass is 296 g/mol.